The molecule has 0 aliphatic rings. The molecule has 0 saturated carbocycles. The summed E-state index contributed by atoms with van der Waals surface area (Å²) in [5, 5.41) is 0. The summed E-state index contributed by atoms with van der Waals surface area (Å²) in [5.74, 6) is 0. The molecule has 40 valence electrons. The van der Waals surface area contributed by atoms with Gasteiger partial charge < -0.3 is 0 Å². The molecule has 1 rings (SSSR count). The van der Waals surface area contributed by atoms with Gasteiger partial charge in [0.1, 0.15) is 0 Å². The third-order valence-electron chi connectivity index (χ3n) is 0.751. The molecule has 0 aliphatic heterocycles. The van der Waals surface area contributed by atoms with E-state index in [9.17, 15) is 0 Å². The highest BCUT2D eigenvalue weighted by Gasteiger charge is 1.79. The molecule has 0 unspecified atom stereocenters. The van der Waals surface area contributed by atoms with Crippen LogP contribution in [-0.4, -0.2) is 4.98 Å². The Balaban J connectivity index is 2.99. The molecular formula is C5H4N2S. The Hall–Kier alpha value is -0.830. The van der Waals surface area contributed by atoms with Crippen LogP contribution in [0.5, 0.6) is 0 Å². The van der Waals surface area contributed by atoms with Crippen LogP contribution in [-0.2, 0) is 12.4 Å². The first-order chi connectivity index (χ1) is 3.93. The summed E-state index contributed by atoms with van der Waals surface area (Å²) in [6, 6.07) is 3.60. The number of nitrogens with zero attached hydrogens (tertiary/aromatic N) is 2. The largest absolute Gasteiger partial charge is 0.262 e. The fourth-order valence-electron chi connectivity index (χ4n) is 0.408. The van der Waals surface area contributed by atoms with Gasteiger partial charge in [0.05, 0.1) is 11.9 Å². The quantitative estimate of drug-likeness (QED) is 0.566. The van der Waals surface area contributed by atoms with Crippen molar-refractivity contribution in [1.29, 1.82) is 0 Å². The van der Waals surface area contributed by atoms with Gasteiger partial charge in [-0.1, -0.05) is 0 Å². The van der Waals surface area contributed by atoms with E-state index in [4.69, 9.17) is 0 Å². The lowest BCUT2D eigenvalue weighted by molar-refractivity contribution is 1.31. The lowest BCUT2D eigenvalue weighted by Crippen LogP contribution is -1.64. The number of pyridine rings is 1. The molecule has 0 radical (unpaired) electrons. The lowest BCUT2D eigenvalue weighted by atomic mass is 10.4. The van der Waals surface area contributed by atoms with Gasteiger partial charge in [-0.3, -0.25) is 4.98 Å². The maximum atomic E-state index is 4.40. The van der Waals surface area contributed by atoms with Crippen molar-refractivity contribution in [3.05, 3.63) is 24.5 Å². The molecule has 0 amide bonds. The van der Waals surface area contributed by atoms with Crippen molar-refractivity contribution in [1.82, 2.24) is 4.98 Å². The summed E-state index contributed by atoms with van der Waals surface area (Å²) < 4.78 is 3.49. The Labute approximate surface area is 52.7 Å². The van der Waals surface area contributed by atoms with Crippen molar-refractivity contribution >= 4 is 18.1 Å². The first-order valence-corrected chi connectivity index (χ1v) is 2.53. The van der Waals surface area contributed by atoms with Gasteiger partial charge in [-0.15, -0.1) is 0 Å². The highest BCUT2D eigenvalue weighted by Crippen LogP contribution is 2.04. The van der Waals surface area contributed by atoms with Crippen LogP contribution in [0.1, 0.15) is 0 Å². The summed E-state index contributed by atoms with van der Waals surface area (Å²) in [7, 11) is 0. The molecule has 1 aromatic rings. The zero-order chi connectivity index (χ0) is 5.82. The van der Waals surface area contributed by atoms with E-state index in [0.29, 0.717) is 0 Å². The molecule has 1 aromatic heterocycles. The lowest BCUT2D eigenvalue weighted by Gasteiger charge is -1.82. The molecule has 0 bridgehead atoms. The van der Waals surface area contributed by atoms with Gasteiger partial charge in [0.25, 0.3) is 0 Å². The molecule has 2 nitrogen and oxygen atoms in total. The summed E-state index contributed by atoms with van der Waals surface area (Å²) in [6.45, 7) is 0. The minimum Gasteiger partial charge on any atom is -0.262 e. The van der Waals surface area contributed by atoms with Gasteiger partial charge in [-0.05, 0) is 12.1 Å². The highest BCUT2D eigenvalue weighted by molar-refractivity contribution is 7.47. The van der Waals surface area contributed by atoms with E-state index in [1.54, 1.807) is 24.5 Å². The summed E-state index contributed by atoms with van der Waals surface area (Å²) in [4.78, 5) is 3.80. The van der Waals surface area contributed by atoms with Crippen molar-refractivity contribution in [3.63, 3.8) is 0 Å². The van der Waals surface area contributed by atoms with Crippen LogP contribution in [0.2, 0.25) is 0 Å². The highest BCUT2D eigenvalue weighted by atomic mass is 32.1. The first-order valence-electron chi connectivity index (χ1n) is 2.17. The fraction of sp³-hybridized carbons (Fsp3) is 0. The van der Waals surface area contributed by atoms with Crippen molar-refractivity contribution < 1.29 is 0 Å². The molecule has 0 saturated heterocycles. The zero-order valence-electron chi connectivity index (χ0n) is 4.11. The average molecular weight is 124 g/mol. The van der Waals surface area contributed by atoms with Gasteiger partial charge >= 0.3 is 0 Å². The van der Waals surface area contributed by atoms with Gasteiger partial charge in [-0.25, -0.2) is 0 Å². The van der Waals surface area contributed by atoms with Crippen LogP contribution in [0.15, 0.2) is 28.9 Å². The minimum atomic E-state index is 0.738. The Morgan fingerprint density at radius 1 is 1.62 bits per heavy atom. The van der Waals surface area contributed by atoms with Crippen molar-refractivity contribution in [2.45, 2.75) is 0 Å². The molecule has 1 heterocycles. The van der Waals surface area contributed by atoms with E-state index < -0.39 is 0 Å². The van der Waals surface area contributed by atoms with Crippen molar-refractivity contribution in [2.24, 2.45) is 4.36 Å². The van der Waals surface area contributed by atoms with Crippen LogP contribution >= 0.6 is 0 Å². The number of hydrogen-bond donors (Lipinski definition) is 0. The fourth-order valence-corrected chi connectivity index (χ4v) is 0.516. The van der Waals surface area contributed by atoms with E-state index in [1.165, 1.54) is 0 Å². The van der Waals surface area contributed by atoms with Gasteiger partial charge in [-0.2, -0.15) is 4.36 Å². The third kappa shape index (κ3) is 1.07. The third-order valence-corrected chi connectivity index (χ3v) is 0.962. The average Bonchev–Trinajstić information content (AvgIpc) is 1.90. The molecular weight excluding hydrogens is 120 g/mol. The zero-order valence-corrected chi connectivity index (χ0v) is 4.93. The molecule has 0 fully saturated rings. The predicted octanol–water partition coefficient (Wildman–Crippen LogP) is 1.44. The summed E-state index contributed by atoms with van der Waals surface area (Å²) in [6.07, 6.45) is 3.30. The van der Waals surface area contributed by atoms with Crippen LogP contribution < -0.4 is 0 Å². The van der Waals surface area contributed by atoms with Crippen LogP contribution in [0, 0.1) is 0 Å². The molecule has 8 heavy (non-hydrogen) atoms. The number of rotatable bonds is 1. The van der Waals surface area contributed by atoms with Crippen LogP contribution in [0.25, 0.3) is 0 Å². The molecule has 0 aromatic carbocycles. The van der Waals surface area contributed by atoms with Crippen LogP contribution in [0.3, 0.4) is 0 Å². The first kappa shape index (κ1) is 5.31. The van der Waals surface area contributed by atoms with Crippen LogP contribution in [0.4, 0.5) is 5.69 Å². The molecule has 0 atom stereocenters. The van der Waals surface area contributed by atoms with Crippen molar-refractivity contribution in [2.75, 3.05) is 0 Å². The van der Waals surface area contributed by atoms with E-state index in [2.05, 4.69) is 21.8 Å². The minimum absolute atomic E-state index is 0.738. The Morgan fingerprint density at radius 3 is 2.88 bits per heavy atom. The topological polar surface area (TPSA) is 25.2 Å². The normalized spacial score (nSPS) is 8.50. The van der Waals surface area contributed by atoms with Gasteiger partial charge in [0.2, 0.25) is 0 Å². The number of hydrogen-bond acceptors (Lipinski definition) is 3. The maximum Gasteiger partial charge on any atom is 0.0952 e. The van der Waals surface area contributed by atoms with E-state index in [0.717, 1.165) is 5.69 Å². The molecule has 0 N–H and O–H groups in total. The van der Waals surface area contributed by atoms with Crippen molar-refractivity contribution in [3.8, 4) is 0 Å². The Morgan fingerprint density at radius 2 is 2.50 bits per heavy atom. The summed E-state index contributed by atoms with van der Waals surface area (Å²) >= 11 is 4.40. The van der Waals surface area contributed by atoms with E-state index in [1.807, 2.05) is 0 Å². The van der Waals surface area contributed by atoms with Gasteiger partial charge in [0.15, 0.2) is 0 Å². The Bertz CT molecular complexity index is 173. The Kier molecular flexibility index (Phi) is 1.64. The maximum absolute atomic E-state index is 4.40. The second-order valence-corrected chi connectivity index (χ2v) is 1.49. The number of aromatic nitrogens is 1. The van der Waals surface area contributed by atoms with E-state index in [-0.39, 0.29) is 0 Å². The standard InChI is InChI=1S/C5H4N2S/c8-7-5-2-1-3-6-4-5/h1-4H. The predicted molar refractivity (Wildman–Crippen MR) is 33.7 cm³/mol. The van der Waals surface area contributed by atoms with Gasteiger partial charge in [0, 0.05) is 18.6 Å². The smallest absolute Gasteiger partial charge is 0.0952 e. The molecule has 0 spiro atoms. The van der Waals surface area contributed by atoms with E-state index >= 15 is 0 Å². The SMILES string of the molecule is S=Nc1cccnc1. The summed E-state index contributed by atoms with van der Waals surface area (Å²) in [5.41, 5.74) is 0.738. The second kappa shape index (κ2) is 2.47. The monoisotopic (exact) mass is 124 g/mol. The molecule has 3 heteroatoms. The second-order valence-electron chi connectivity index (χ2n) is 1.30. The molecule has 0 aliphatic carbocycles.